The Morgan fingerprint density at radius 3 is 2.18 bits per heavy atom. The number of anilines is 1. The van der Waals surface area contributed by atoms with Gasteiger partial charge in [-0.3, -0.25) is 9.59 Å². The third-order valence-electron chi connectivity index (χ3n) is 4.92. The Kier molecular flexibility index (Phi) is 2.23. The molecule has 0 saturated carbocycles. The van der Waals surface area contributed by atoms with Gasteiger partial charge in [0.2, 0.25) is 11.8 Å². The fraction of sp³-hybridized carbons (Fsp3) is 0.222. The standard InChI is InChI=1S/C18H13NO3/c20-17-15-13-8-9-14(22-13)16(15)18(21)19(17)12-7-3-5-10-4-1-2-6-11(10)12/h1-9,13-16H/t13-,14+,15-,16-/m0/s1. The lowest BCUT2D eigenvalue weighted by Crippen LogP contribution is -2.34. The van der Waals surface area contributed by atoms with E-state index in [9.17, 15) is 9.59 Å². The molecule has 3 aliphatic rings. The van der Waals surface area contributed by atoms with Crippen LogP contribution in [0.15, 0.2) is 54.6 Å². The van der Waals surface area contributed by atoms with Crippen molar-refractivity contribution in [1.29, 1.82) is 0 Å². The van der Waals surface area contributed by atoms with Crippen molar-refractivity contribution in [2.75, 3.05) is 4.90 Å². The molecule has 4 atom stereocenters. The maximum absolute atomic E-state index is 12.8. The van der Waals surface area contributed by atoms with Gasteiger partial charge in [-0.2, -0.15) is 0 Å². The Labute approximate surface area is 127 Å². The summed E-state index contributed by atoms with van der Waals surface area (Å²) in [5.41, 5.74) is 0.682. The molecular weight excluding hydrogens is 278 g/mol. The SMILES string of the molecule is O=C1[C@@H]2[C@@H](C(=O)N1c1cccc3ccccc13)[C@H]1C=C[C@@H]2O1. The predicted molar refractivity (Wildman–Crippen MR) is 81.2 cm³/mol. The average Bonchev–Trinajstić information content (AvgIpc) is 3.21. The van der Waals surface area contributed by atoms with Crippen molar-refractivity contribution in [3.05, 3.63) is 54.6 Å². The Balaban J connectivity index is 1.67. The predicted octanol–water partition coefficient (Wildman–Crippen LogP) is 2.28. The van der Waals surface area contributed by atoms with Crippen LogP contribution in [0.3, 0.4) is 0 Å². The molecule has 3 aliphatic heterocycles. The van der Waals surface area contributed by atoms with Gasteiger partial charge in [0, 0.05) is 5.39 Å². The van der Waals surface area contributed by atoms with Crippen LogP contribution in [-0.2, 0) is 14.3 Å². The highest BCUT2D eigenvalue weighted by molar-refractivity contribution is 6.25. The number of ether oxygens (including phenoxy) is 1. The van der Waals surface area contributed by atoms with Gasteiger partial charge >= 0.3 is 0 Å². The molecule has 4 heteroatoms. The van der Waals surface area contributed by atoms with E-state index in [-0.39, 0.29) is 35.9 Å². The summed E-state index contributed by atoms with van der Waals surface area (Å²) in [4.78, 5) is 27.0. The summed E-state index contributed by atoms with van der Waals surface area (Å²) < 4.78 is 5.67. The highest BCUT2D eigenvalue weighted by Gasteiger charge is 2.61. The molecule has 2 aromatic carbocycles. The van der Waals surface area contributed by atoms with E-state index >= 15 is 0 Å². The Morgan fingerprint density at radius 2 is 1.45 bits per heavy atom. The van der Waals surface area contributed by atoms with Crippen LogP contribution in [-0.4, -0.2) is 24.0 Å². The maximum Gasteiger partial charge on any atom is 0.240 e. The minimum atomic E-state index is -0.360. The van der Waals surface area contributed by atoms with Gasteiger partial charge < -0.3 is 4.74 Å². The summed E-state index contributed by atoms with van der Waals surface area (Å²) in [5.74, 6) is -0.991. The zero-order valence-corrected chi connectivity index (χ0v) is 11.7. The van der Waals surface area contributed by atoms with Crippen molar-refractivity contribution in [3.63, 3.8) is 0 Å². The third-order valence-corrected chi connectivity index (χ3v) is 4.92. The zero-order chi connectivity index (χ0) is 14.8. The van der Waals surface area contributed by atoms with Crippen molar-refractivity contribution < 1.29 is 14.3 Å². The molecule has 2 amide bonds. The van der Waals surface area contributed by atoms with E-state index in [4.69, 9.17) is 4.74 Å². The second-order valence-electron chi connectivity index (χ2n) is 6.01. The van der Waals surface area contributed by atoms with Crippen LogP contribution >= 0.6 is 0 Å². The number of carbonyl (C=O) groups is 2. The van der Waals surface area contributed by atoms with E-state index in [0.717, 1.165) is 10.8 Å². The fourth-order valence-electron chi connectivity index (χ4n) is 3.94. The number of nitrogens with zero attached hydrogens (tertiary/aromatic N) is 1. The number of fused-ring (bicyclic) bond motifs is 6. The molecule has 0 aliphatic carbocycles. The lowest BCUT2D eigenvalue weighted by molar-refractivity contribution is -0.124. The smallest absolute Gasteiger partial charge is 0.240 e. The van der Waals surface area contributed by atoms with Crippen LogP contribution in [0.1, 0.15) is 0 Å². The van der Waals surface area contributed by atoms with Crippen molar-refractivity contribution in [3.8, 4) is 0 Å². The quantitative estimate of drug-likeness (QED) is 0.598. The molecule has 3 heterocycles. The summed E-state index contributed by atoms with van der Waals surface area (Å²) in [6, 6.07) is 13.5. The highest BCUT2D eigenvalue weighted by atomic mass is 16.5. The van der Waals surface area contributed by atoms with E-state index in [1.807, 2.05) is 54.6 Å². The Bertz CT molecular complexity index is 821. The highest BCUT2D eigenvalue weighted by Crippen LogP contribution is 2.47. The average molecular weight is 291 g/mol. The second kappa shape index (κ2) is 4.05. The van der Waals surface area contributed by atoms with Crippen molar-refractivity contribution in [2.24, 2.45) is 11.8 Å². The second-order valence-corrected chi connectivity index (χ2v) is 6.01. The normalized spacial score (nSPS) is 32.3. The molecule has 0 N–H and O–H groups in total. The molecule has 22 heavy (non-hydrogen) atoms. The summed E-state index contributed by atoms with van der Waals surface area (Å²) >= 11 is 0. The Hall–Kier alpha value is -2.46. The first kappa shape index (κ1) is 12.1. The molecule has 0 unspecified atom stereocenters. The first-order chi connectivity index (χ1) is 10.8. The summed E-state index contributed by atoms with van der Waals surface area (Å²) in [7, 11) is 0. The van der Waals surface area contributed by atoms with E-state index in [1.165, 1.54) is 4.90 Å². The third kappa shape index (κ3) is 1.35. The van der Waals surface area contributed by atoms with Gasteiger partial charge in [-0.15, -0.1) is 0 Å². The lowest BCUT2D eigenvalue weighted by Gasteiger charge is -2.19. The first-order valence-electron chi connectivity index (χ1n) is 7.45. The van der Waals surface area contributed by atoms with Crippen LogP contribution in [0.5, 0.6) is 0 Å². The number of imide groups is 1. The monoisotopic (exact) mass is 291 g/mol. The van der Waals surface area contributed by atoms with Gasteiger partial charge in [0.1, 0.15) is 0 Å². The number of rotatable bonds is 1. The van der Waals surface area contributed by atoms with Gasteiger partial charge in [0.15, 0.2) is 0 Å². The Morgan fingerprint density at radius 1 is 0.818 bits per heavy atom. The van der Waals surface area contributed by atoms with E-state index < -0.39 is 0 Å². The molecule has 0 spiro atoms. The largest absolute Gasteiger partial charge is 0.365 e. The molecule has 0 radical (unpaired) electrons. The molecule has 0 aromatic heterocycles. The minimum Gasteiger partial charge on any atom is -0.365 e. The summed E-state index contributed by atoms with van der Waals surface area (Å²) in [6.45, 7) is 0. The summed E-state index contributed by atoms with van der Waals surface area (Å²) in [6.07, 6.45) is 3.32. The van der Waals surface area contributed by atoms with Crippen molar-refractivity contribution in [1.82, 2.24) is 0 Å². The molecule has 108 valence electrons. The first-order valence-corrected chi connectivity index (χ1v) is 7.45. The van der Waals surface area contributed by atoms with Crippen LogP contribution in [0.2, 0.25) is 0 Å². The van der Waals surface area contributed by atoms with E-state index in [2.05, 4.69) is 0 Å². The van der Waals surface area contributed by atoms with E-state index in [0.29, 0.717) is 5.69 Å². The number of amides is 2. The molecule has 2 bridgehead atoms. The lowest BCUT2D eigenvalue weighted by atomic mass is 9.85. The van der Waals surface area contributed by atoms with Gasteiger partial charge in [0.05, 0.1) is 29.7 Å². The number of benzene rings is 2. The van der Waals surface area contributed by atoms with Crippen molar-refractivity contribution in [2.45, 2.75) is 12.2 Å². The van der Waals surface area contributed by atoms with Gasteiger partial charge in [-0.25, -0.2) is 4.90 Å². The minimum absolute atomic E-state index is 0.136. The van der Waals surface area contributed by atoms with Crippen LogP contribution in [0.4, 0.5) is 5.69 Å². The number of hydrogen-bond acceptors (Lipinski definition) is 3. The number of carbonyl (C=O) groups excluding carboxylic acids is 2. The zero-order valence-electron chi connectivity index (χ0n) is 11.7. The van der Waals surface area contributed by atoms with Gasteiger partial charge in [-0.05, 0) is 11.5 Å². The number of hydrogen-bond donors (Lipinski definition) is 0. The topological polar surface area (TPSA) is 46.6 Å². The molecule has 2 saturated heterocycles. The maximum atomic E-state index is 12.8. The molecule has 5 rings (SSSR count). The fourth-order valence-corrected chi connectivity index (χ4v) is 3.94. The van der Waals surface area contributed by atoms with Crippen molar-refractivity contribution >= 4 is 28.3 Å². The van der Waals surface area contributed by atoms with Crippen LogP contribution in [0, 0.1) is 11.8 Å². The van der Waals surface area contributed by atoms with E-state index in [1.54, 1.807) is 0 Å². The van der Waals surface area contributed by atoms with Gasteiger partial charge in [-0.1, -0.05) is 48.6 Å². The van der Waals surface area contributed by atoms with Crippen LogP contribution < -0.4 is 4.90 Å². The summed E-state index contributed by atoms with van der Waals surface area (Å²) in [5, 5.41) is 1.95. The molecule has 4 nitrogen and oxygen atoms in total. The van der Waals surface area contributed by atoms with Gasteiger partial charge in [0.25, 0.3) is 0 Å². The molecular formula is C18H13NO3. The molecule has 2 aromatic rings. The molecule has 2 fully saturated rings. The van der Waals surface area contributed by atoms with Crippen LogP contribution in [0.25, 0.3) is 10.8 Å².